The van der Waals surface area contributed by atoms with Crippen molar-refractivity contribution in [1.82, 2.24) is 15.5 Å². The number of carbonyl (C=O) groups excluding carboxylic acids is 3. The first kappa shape index (κ1) is 22.2. The molecule has 0 spiro atoms. The summed E-state index contributed by atoms with van der Waals surface area (Å²) in [5.74, 6) is 0.234. The molecule has 4 rings (SSSR count). The molecule has 2 N–H and O–H groups in total. The standard InChI is InChI=1S/C22H21Cl2N3O5/c1-12(13-3-6-17-18(9-13)32-8-7-31-17)25-19(28)11-27-20(29)22(2,26-21(27)30)14-4-5-15(23)16(24)10-14/h3-6,9-10,12H,7-8,11H2,1-2H3,(H,25,28)(H,26,30). The van der Waals surface area contributed by atoms with E-state index in [1.807, 2.05) is 6.07 Å². The molecule has 2 aromatic carbocycles. The van der Waals surface area contributed by atoms with Gasteiger partial charge in [-0.1, -0.05) is 35.3 Å². The summed E-state index contributed by atoms with van der Waals surface area (Å²) < 4.78 is 11.1. The Morgan fingerprint density at radius 3 is 2.56 bits per heavy atom. The predicted octanol–water partition coefficient (Wildman–Crippen LogP) is 3.41. The maximum atomic E-state index is 13.0. The van der Waals surface area contributed by atoms with Gasteiger partial charge in [-0.05, 0) is 49.2 Å². The lowest BCUT2D eigenvalue weighted by atomic mass is 9.92. The Balaban J connectivity index is 1.44. The molecule has 1 saturated heterocycles. The fraction of sp³-hybridized carbons (Fsp3) is 0.318. The van der Waals surface area contributed by atoms with Crippen LogP contribution < -0.4 is 20.1 Å². The maximum Gasteiger partial charge on any atom is 0.325 e. The van der Waals surface area contributed by atoms with Crippen molar-refractivity contribution in [2.24, 2.45) is 0 Å². The minimum absolute atomic E-state index is 0.261. The van der Waals surface area contributed by atoms with E-state index in [-0.39, 0.29) is 11.1 Å². The molecule has 2 atom stereocenters. The number of hydrogen-bond donors (Lipinski definition) is 2. The van der Waals surface area contributed by atoms with Crippen molar-refractivity contribution < 1.29 is 23.9 Å². The Bertz CT molecular complexity index is 1110. The van der Waals surface area contributed by atoms with E-state index in [2.05, 4.69) is 10.6 Å². The van der Waals surface area contributed by atoms with Crippen LogP contribution in [0, 0.1) is 0 Å². The van der Waals surface area contributed by atoms with Crippen molar-refractivity contribution in [3.8, 4) is 11.5 Å². The highest BCUT2D eigenvalue weighted by Crippen LogP contribution is 2.34. The first-order valence-electron chi connectivity index (χ1n) is 9.97. The second-order valence-electron chi connectivity index (χ2n) is 7.77. The Kier molecular flexibility index (Phi) is 5.92. The van der Waals surface area contributed by atoms with Gasteiger partial charge in [-0.25, -0.2) is 4.79 Å². The Morgan fingerprint density at radius 2 is 1.84 bits per heavy atom. The summed E-state index contributed by atoms with van der Waals surface area (Å²) in [4.78, 5) is 39.1. The van der Waals surface area contributed by atoms with E-state index in [9.17, 15) is 14.4 Å². The average Bonchev–Trinajstić information content (AvgIpc) is 2.99. The quantitative estimate of drug-likeness (QED) is 0.643. The van der Waals surface area contributed by atoms with Crippen molar-refractivity contribution >= 4 is 41.0 Å². The monoisotopic (exact) mass is 477 g/mol. The van der Waals surface area contributed by atoms with Gasteiger partial charge in [-0.15, -0.1) is 0 Å². The van der Waals surface area contributed by atoms with E-state index in [1.165, 1.54) is 6.07 Å². The van der Waals surface area contributed by atoms with Gasteiger partial charge in [0.1, 0.15) is 25.3 Å². The number of urea groups is 1. The normalized spacial score (nSPS) is 20.7. The van der Waals surface area contributed by atoms with Crippen LogP contribution in [0.5, 0.6) is 11.5 Å². The number of nitrogens with zero attached hydrogens (tertiary/aromatic N) is 1. The van der Waals surface area contributed by atoms with E-state index in [0.29, 0.717) is 35.3 Å². The molecule has 0 bridgehead atoms. The third-order valence-electron chi connectivity index (χ3n) is 5.52. The van der Waals surface area contributed by atoms with Gasteiger partial charge < -0.3 is 20.1 Å². The summed E-state index contributed by atoms with van der Waals surface area (Å²) in [6, 6.07) is 9.06. The van der Waals surface area contributed by atoms with E-state index < -0.39 is 29.9 Å². The number of ether oxygens (including phenoxy) is 2. The first-order valence-corrected chi connectivity index (χ1v) is 10.7. The third-order valence-corrected chi connectivity index (χ3v) is 6.26. The number of nitrogens with one attached hydrogen (secondary N) is 2. The molecule has 2 aromatic rings. The lowest BCUT2D eigenvalue weighted by molar-refractivity contribution is -0.135. The Hall–Kier alpha value is -2.97. The molecule has 10 heteroatoms. The van der Waals surface area contributed by atoms with Gasteiger partial charge in [0, 0.05) is 0 Å². The zero-order chi connectivity index (χ0) is 23.0. The van der Waals surface area contributed by atoms with Gasteiger partial charge in [0.05, 0.1) is 16.1 Å². The number of fused-ring (bicyclic) bond motifs is 1. The lowest BCUT2D eigenvalue weighted by Gasteiger charge is -2.23. The SMILES string of the molecule is CC(NC(=O)CN1C(=O)NC(C)(c2ccc(Cl)c(Cl)c2)C1=O)c1ccc2c(c1)OCCO2. The second-order valence-corrected chi connectivity index (χ2v) is 8.58. The van der Waals surface area contributed by atoms with Gasteiger partial charge in [-0.3, -0.25) is 14.5 Å². The zero-order valence-electron chi connectivity index (χ0n) is 17.4. The van der Waals surface area contributed by atoms with Crippen LogP contribution in [0.15, 0.2) is 36.4 Å². The van der Waals surface area contributed by atoms with Crippen molar-refractivity contribution in [3.63, 3.8) is 0 Å². The summed E-state index contributed by atoms with van der Waals surface area (Å²) in [6.45, 7) is 3.89. The van der Waals surface area contributed by atoms with Crippen LogP contribution in [0.3, 0.4) is 0 Å². The zero-order valence-corrected chi connectivity index (χ0v) is 18.9. The van der Waals surface area contributed by atoms with E-state index >= 15 is 0 Å². The molecule has 4 amide bonds. The number of hydrogen-bond acceptors (Lipinski definition) is 5. The number of imide groups is 1. The fourth-order valence-corrected chi connectivity index (χ4v) is 3.98. The highest BCUT2D eigenvalue weighted by atomic mass is 35.5. The Morgan fingerprint density at radius 1 is 1.12 bits per heavy atom. The minimum Gasteiger partial charge on any atom is -0.486 e. The molecule has 1 fully saturated rings. The molecule has 8 nitrogen and oxygen atoms in total. The molecule has 2 heterocycles. The van der Waals surface area contributed by atoms with Crippen LogP contribution in [0.4, 0.5) is 4.79 Å². The average molecular weight is 478 g/mol. The molecule has 0 radical (unpaired) electrons. The largest absolute Gasteiger partial charge is 0.486 e. The fourth-order valence-electron chi connectivity index (χ4n) is 3.69. The molecule has 2 unspecified atom stereocenters. The van der Waals surface area contributed by atoms with Gasteiger partial charge in [0.25, 0.3) is 5.91 Å². The molecule has 0 saturated carbocycles. The van der Waals surface area contributed by atoms with Crippen LogP contribution in [0.2, 0.25) is 10.0 Å². The summed E-state index contributed by atoms with van der Waals surface area (Å²) in [5.41, 5.74) is -0.0780. The van der Waals surface area contributed by atoms with E-state index in [1.54, 1.807) is 38.1 Å². The van der Waals surface area contributed by atoms with Gasteiger partial charge in [0.15, 0.2) is 11.5 Å². The van der Waals surface area contributed by atoms with Gasteiger partial charge in [0.2, 0.25) is 5.91 Å². The van der Waals surface area contributed by atoms with Crippen molar-refractivity contribution in [2.75, 3.05) is 19.8 Å². The van der Waals surface area contributed by atoms with Crippen LogP contribution in [0.1, 0.15) is 31.0 Å². The number of rotatable bonds is 5. The molecule has 0 aromatic heterocycles. The van der Waals surface area contributed by atoms with Crippen LogP contribution >= 0.6 is 23.2 Å². The Labute approximate surface area is 194 Å². The topological polar surface area (TPSA) is 97.0 Å². The molecule has 0 aliphatic carbocycles. The van der Waals surface area contributed by atoms with Crippen molar-refractivity contribution in [2.45, 2.75) is 25.4 Å². The number of benzene rings is 2. The number of carbonyl (C=O) groups is 3. The van der Waals surface area contributed by atoms with Crippen LogP contribution in [-0.2, 0) is 15.1 Å². The molecular weight excluding hydrogens is 457 g/mol. The summed E-state index contributed by atoms with van der Waals surface area (Å²) in [7, 11) is 0. The number of amides is 4. The number of halogens is 2. The first-order chi connectivity index (χ1) is 15.2. The second kappa shape index (κ2) is 8.52. The molecule has 32 heavy (non-hydrogen) atoms. The minimum atomic E-state index is -1.35. The third kappa shape index (κ3) is 4.08. The molecular formula is C22H21Cl2N3O5. The molecule has 2 aliphatic heterocycles. The smallest absolute Gasteiger partial charge is 0.325 e. The summed E-state index contributed by atoms with van der Waals surface area (Å²) >= 11 is 12.0. The molecule has 168 valence electrons. The molecule has 2 aliphatic rings. The highest BCUT2D eigenvalue weighted by molar-refractivity contribution is 6.42. The van der Waals surface area contributed by atoms with Crippen LogP contribution in [-0.4, -0.2) is 42.5 Å². The lowest BCUT2D eigenvalue weighted by Crippen LogP contribution is -2.43. The van der Waals surface area contributed by atoms with Crippen LogP contribution in [0.25, 0.3) is 0 Å². The van der Waals surface area contributed by atoms with Gasteiger partial charge >= 0.3 is 6.03 Å². The maximum absolute atomic E-state index is 13.0. The van der Waals surface area contributed by atoms with Crippen molar-refractivity contribution in [1.29, 1.82) is 0 Å². The van der Waals surface area contributed by atoms with E-state index in [0.717, 1.165) is 10.5 Å². The summed E-state index contributed by atoms with van der Waals surface area (Å²) in [6.07, 6.45) is 0. The summed E-state index contributed by atoms with van der Waals surface area (Å²) in [5, 5.41) is 6.04. The van der Waals surface area contributed by atoms with Gasteiger partial charge in [-0.2, -0.15) is 0 Å². The highest BCUT2D eigenvalue weighted by Gasteiger charge is 2.49. The predicted molar refractivity (Wildman–Crippen MR) is 118 cm³/mol. The van der Waals surface area contributed by atoms with Crippen molar-refractivity contribution in [3.05, 3.63) is 57.6 Å². The van der Waals surface area contributed by atoms with E-state index in [4.69, 9.17) is 32.7 Å².